The second-order valence-electron chi connectivity index (χ2n) is 9.24. The van der Waals surface area contributed by atoms with Crippen molar-refractivity contribution >= 4 is 28.5 Å². The highest BCUT2D eigenvalue weighted by Crippen LogP contribution is 2.38. The van der Waals surface area contributed by atoms with Gasteiger partial charge in [-0.15, -0.1) is 4.91 Å². The lowest BCUT2D eigenvalue weighted by molar-refractivity contribution is -0.129. The Morgan fingerprint density at radius 3 is 2.61 bits per heavy atom. The zero-order valence-corrected chi connectivity index (χ0v) is 19.9. The van der Waals surface area contributed by atoms with E-state index >= 15 is 0 Å². The van der Waals surface area contributed by atoms with Gasteiger partial charge in [-0.3, -0.25) is 23.9 Å². The maximum Gasteiger partial charge on any atom is 0.266 e. The third-order valence-electron chi connectivity index (χ3n) is 5.74. The van der Waals surface area contributed by atoms with Crippen LogP contribution in [0.2, 0.25) is 0 Å². The molecule has 0 saturated heterocycles. The van der Waals surface area contributed by atoms with Gasteiger partial charge in [0, 0.05) is 37.3 Å². The lowest BCUT2D eigenvalue weighted by Gasteiger charge is -2.30. The summed E-state index contributed by atoms with van der Waals surface area (Å²) in [5.74, 6) is -1.57. The summed E-state index contributed by atoms with van der Waals surface area (Å²) in [5, 5.41) is 7.97. The van der Waals surface area contributed by atoms with Crippen LogP contribution in [0.25, 0.3) is 11.0 Å². The first kappa shape index (κ1) is 24.9. The minimum absolute atomic E-state index is 0.0111. The highest BCUT2D eigenvalue weighted by atomic mass is 19.1. The van der Waals surface area contributed by atoms with Crippen LogP contribution in [-0.4, -0.2) is 46.6 Å². The number of nitrogens with two attached hydrogens (primary N) is 1. The summed E-state index contributed by atoms with van der Waals surface area (Å²) >= 11 is 0. The summed E-state index contributed by atoms with van der Waals surface area (Å²) in [4.78, 5) is 54.9. The van der Waals surface area contributed by atoms with Gasteiger partial charge in [0.05, 0.1) is 6.54 Å². The van der Waals surface area contributed by atoms with Crippen LogP contribution < -0.4 is 26.7 Å². The Morgan fingerprint density at radius 2 is 2.00 bits per heavy atom. The highest BCUT2D eigenvalue weighted by Gasteiger charge is 2.35. The molecule has 0 spiro atoms. The predicted molar refractivity (Wildman–Crippen MR) is 130 cm³/mol. The number of amides is 2. The molecule has 1 atom stereocenters. The van der Waals surface area contributed by atoms with E-state index in [0.717, 1.165) is 5.56 Å². The van der Waals surface area contributed by atoms with Crippen LogP contribution >= 0.6 is 0 Å². The van der Waals surface area contributed by atoms with Crippen molar-refractivity contribution in [1.82, 2.24) is 20.2 Å². The monoisotopic (exact) mass is 496 g/mol. The van der Waals surface area contributed by atoms with E-state index in [0.29, 0.717) is 5.56 Å². The molecule has 0 saturated carbocycles. The van der Waals surface area contributed by atoms with Gasteiger partial charge in [0.15, 0.2) is 17.5 Å². The Bertz CT molecular complexity index is 1430. The van der Waals surface area contributed by atoms with Crippen LogP contribution in [0, 0.1) is 10.7 Å². The number of halogens is 1. The number of aromatic nitrogens is 2. The van der Waals surface area contributed by atoms with Gasteiger partial charge < -0.3 is 21.1 Å². The first-order valence-electron chi connectivity index (χ1n) is 11.2. The molecule has 12 heteroatoms. The number of hydrogen-bond acceptors (Lipinski definition) is 8. The largest absolute Gasteiger partial charge is 0.476 e. The lowest BCUT2D eigenvalue weighted by Crippen LogP contribution is -2.51. The number of carbonyl (C=O) groups is 2. The molecular formula is C24H25FN6O5. The molecule has 0 aliphatic carbocycles. The van der Waals surface area contributed by atoms with Crippen molar-refractivity contribution in [2.45, 2.75) is 38.5 Å². The fraction of sp³-hybridized carbons (Fsp3) is 0.333. The van der Waals surface area contributed by atoms with Crippen LogP contribution in [-0.2, 0) is 17.8 Å². The SMILES string of the molecule is CNC(=O)c1c(N=O)c2ncc(Cc3ccc(F)cc3)c3c2n(c1=O)C[C@@H](C(=O)NCC(C)(C)N)O3. The number of hydrogen-bond donors (Lipinski definition) is 3. The number of nitroso groups, excluding NO2 is 1. The van der Waals surface area contributed by atoms with Gasteiger partial charge in [0.2, 0.25) is 0 Å². The third kappa shape index (κ3) is 4.67. The molecule has 36 heavy (non-hydrogen) atoms. The molecule has 0 radical (unpaired) electrons. The van der Waals surface area contributed by atoms with Gasteiger partial charge in [-0.2, -0.15) is 0 Å². The maximum atomic E-state index is 13.4. The molecule has 0 fully saturated rings. The minimum atomic E-state index is -1.14. The molecule has 3 heterocycles. The molecule has 1 aromatic carbocycles. The zero-order valence-electron chi connectivity index (χ0n) is 19.9. The van der Waals surface area contributed by atoms with Crippen LogP contribution in [0.3, 0.4) is 0 Å². The molecule has 0 bridgehead atoms. The molecule has 1 aliphatic heterocycles. The average molecular weight is 496 g/mol. The van der Waals surface area contributed by atoms with E-state index in [4.69, 9.17) is 10.5 Å². The molecule has 2 aromatic heterocycles. The van der Waals surface area contributed by atoms with Gasteiger partial charge in [-0.25, -0.2) is 4.39 Å². The summed E-state index contributed by atoms with van der Waals surface area (Å²) in [7, 11) is 1.31. The van der Waals surface area contributed by atoms with E-state index in [9.17, 15) is 23.7 Å². The minimum Gasteiger partial charge on any atom is -0.476 e. The summed E-state index contributed by atoms with van der Waals surface area (Å²) in [6, 6.07) is 5.79. The Labute approximate surface area is 204 Å². The Kier molecular flexibility index (Phi) is 6.55. The van der Waals surface area contributed by atoms with Gasteiger partial charge in [-0.1, -0.05) is 12.1 Å². The van der Waals surface area contributed by atoms with Crippen molar-refractivity contribution in [3.8, 4) is 5.75 Å². The van der Waals surface area contributed by atoms with Crippen molar-refractivity contribution < 1.29 is 18.7 Å². The van der Waals surface area contributed by atoms with Crippen molar-refractivity contribution in [2.24, 2.45) is 10.9 Å². The van der Waals surface area contributed by atoms with Gasteiger partial charge in [-0.05, 0) is 36.7 Å². The quantitative estimate of drug-likeness (QED) is 0.418. The number of ether oxygens (including phenoxy) is 1. The van der Waals surface area contributed by atoms with Crippen molar-refractivity contribution in [3.05, 3.63) is 68.2 Å². The first-order chi connectivity index (χ1) is 17.0. The van der Waals surface area contributed by atoms with E-state index in [2.05, 4.69) is 20.8 Å². The molecule has 4 N–H and O–H groups in total. The first-order valence-corrected chi connectivity index (χ1v) is 11.2. The van der Waals surface area contributed by atoms with Crippen LogP contribution in [0.1, 0.15) is 35.3 Å². The summed E-state index contributed by atoms with van der Waals surface area (Å²) in [6.07, 6.45) is 0.516. The molecule has 4 rings (SSSR count). The van der Waals surface area contributed by atoms with Crippen LogP contribution in [0.5, 0.6) is 5.75 Å². The highest BCUT2D eigenvalue weighted by molar-refractivity contribution is 6.06. The second-order valence-corrected chi connectivity index (χ2v) is 9.24. The fourth-order valence-electron chi connectivity index (χ4n) is 3.98. The van der Waals surface area contributed by atoms with Gasteiger partial charge in [0.1, 0.15) is 22.4 Å². The lowest BCUT2D eigenvalue weighted by atomic mass is 10.0. The number of rotatable bonds is 7. The van der Waals surface area contributed by atoms with Crippen molar-refractivity contribution in [3.63, 3.8) is 0 Å². The van der Waals surface area contributed by atoms with E-state index in [-0.39, 0.29) is 36.3 Å². The van der Waals surface area contributed by atoms with Crippen LogP contribution in [0.4, 0.5) is 10.1 Å². The number of nitrogens with one attached hydrogen (secondary N) is 2. The van der Waals surface area contributed by atoms with Gasteiger partial charge >= 0.3 is 0 Å². The molecule has 11 nitrogen and oxygen atoms in total. The van der Waals surface area contributed by atoms with E-state index < -0.39 is 46.1 Å². The Hall–Kier alpha value is -4.19. The number of benzene rings is 1. The molecule has 3 aromatic rings. The summed E-state index contributed by atoms with van der Waals surface area (Å²) < 4.78 is 20.7. The van der Waals surface area contributed by atoms with E-state index in [1.165, 1.54) is 29.9 Å². The third-order valence-corrected chi connectivity index (χ3v) is 5.74. The summed E-state index contributed by atoms with van der Waals surface area (Å²) in [6.45, 7) is 3.40. The van der Waals surface area contributed by atoms with E-state index in [1.807, 2.05) is 0 Å². The molecule has 1 aliphatic rings. The maximum absolute atomic E-state index is 13.4. The number of nitrogens with zero attached hydrogens (tertiary/aromatic N) is 3. The summed E-state index contributed by atoms with van der Waals surface area (Å²) in [5.41, 5.74) is 4.92. The molecular weight excluding hydrogens is 471 g/mol. The molecule has 2 amide bonds. The smallest absolute Gasteiger partial charge is 0.266 e. The molecule has 188 valence electrons. The topological polar surface area (TPSA) is 158 Å². The van der Waals surface area contributed by atoms with Gasteiger partial charge in [0.25, 0.3) is 17.4 Å². The number of pyridine rings is 2. The average Bonchev–Trinajstić information content (AvgIpc) is 2.85. The van der Waals surface area contributed by atoms with Crippen molar-refractivity contribution in [2.75, 3.05) is 13.6 Å². The Balaban J connectivity index is 1.90. The standard InChI is InChI=1S/C24H25FN6O5/c1-24(2,26)11-29-21(32)15-10-31-19-18(17(30-35)16(23(31)34)22(33)27-3)28-9-13(20(19)36-15)8-12-4-6-14(25)7-5-12/h4-7,9,15H,8,10-11,26H2,1-3H3,(H,27,33)(H,29,32)/t15-/m0/s1. The van der Waals surface area contributed by atoms with Crippen LogP contribution in [0.15, 0.2) is 40.4 Å². The Morgan fingerprint density at radius 1 is 1.31 bits per heavy atom. The fourth-order valence-corrected chi connectivity index (χ4v) is 3.98. The molecule has 0 unspecified atom stereocenters. The second kappa shape index (κ2) is 9.46. The van der Waals surface area contributed by atoms with Crippen molar-refractivity contribution in [1.29, 1.82) is 0 Å². The van der Waals surface area contributed by atoms with E-state index in [1.54, 1.807) is 26.0 Å². The number of carbonyl (C=O) groups excluding carboxylic acids is 2. The zero-order chi connectivity index (χ0) is 26.2. The normalized spacial score (nSPS) is 14.8. The predicted octanol–water partition coefficient (Wildman–Crippen LogP) is 1.50.